The molecule has 0 aromatic heterocycles. The smallest absolute Gasteiger partial charge is 0.254 e. The van der Waals surface area contributed by atoms with Crippen molar-refractivity contribution in [1.29, 1.82) is 0 Å². The zero-order valence-electron chi connectivity index (χ0n) is 12.2. The summed E-state index contributed by atoms with van der Waals surface area (Å²) in [6, 6.07) is 7.65. The van der Waals surface area contributed by atoms with Crippen LogP contribution in [0, 0.1) is 0 Å². The molecule has 1 amide bonds. The molecule has 0 spiro atoms. The summed E-state index contributed by atoms with van der Waals surface area (Å²) in [4.78, 5) is 14.9. The average Bonchev–Trinajstić information content (AvgIpc) is 2.27. The molecule has 0 atom stereocenters. The molecule has 1 heterocycles. The monoisotopic (exact) mass is 323 g/mol. The van der Waals surface area contributed by atoms with Gasteiger partial charge in [-0.2, -0.15) is 0 Å². The molecule has 19 heavy (non-hydrogen) atoms. The maximum Gasteiger partial charge on any atom is 0.254 e. The first-order valence-corrected chi connectivity index (χ1v) is 7.64. The van der Waals surface area contributed by atoms with E-state index in [0.717, 1.165) is 22.9 Å². The SMILES string of the molecule is CC1(C)CCCC(C)(C)N1C(=O)c1ccc(Br)cc1. The average molecular weight is 324 g/mol. The molecule has 2 nitrogen and oxygen atoms in total. The van der Waals surface area contributed by atoms with Gasteiger partial charge in [0.25, 0.3) is 5.91 Å². The van der Waals surface area contributed by atoms with E-state index in [1.807, 2.05) is 24.3 Å². The molecule has 3 heteroatoms. The van der Waals surface area contributed by atoms with Crippen LogP contribution < -0.4 is 0 Å². The quantitative estimate of drug-likeness (QED) is 0.737. The van der Waals surface area contributed by atoms with Gasteiger partial charge in [-0.3, -0.25) is 4.79 Å². The Morgan fingerprint density at radius 1 is 1.05 bits per heavy atom. The number of hydrogen-bond acceptors (Lipinski definition) is 1. The van der Waals surface area contributed by atoms with E-state index in [1.54, 1.807) is 0 Å². The molecule has 1 aromatic carbocycles. The third-order valence-corrected chi connectivity index (χ3v) is 4.61. The van der Waals surface area contributed by atoms with Gasteiger partial charge >= 0.3 is 0 Å². The summed E-state index contributed by atoms with van der Waals surface area (Å²) < 4.78 is 1.00. The summed E-state index contributed by atoms with van der Waals surface area (Å²) in [5, 5.41) is 0. The maximum absolute atomic E-state index is 12.9. The van der Waals surface area contributed by atoms with Crippen molar-refractivity contribution in [2.24, 2.45) is 0 Å². The van der Waals surface area contributed by atoms with E-state index in [-0.39, 0.29) is 17.0 Å². The normalized spacial score (nSPS) is 21.2. The third kappa shape index (κ3) is 2.86. The van der Waals surface area contributed by atoms with Crippen molar-refractivity contribution in [1.82, 2.24) is 4.90 Å². The molecule has 2 rings (SSSR count). The van der Waals surface area contributed by atoms with Gasteiger partial charge in [0, 0.05) is 21.1 Å². The van der Waals surface area contributed by atoms with E-state index in [4.69, 9.17) is 0 Å². The van der Waals surface area contributed by atoms with Crippen molar-refractivity contribution in [3.05, 3.63) is 34.3 Å². The summed E-state index contributed by atoms with van der Waals surface area (Å²) in [5.74, 6) is 0.141. The lowest BCUT2D eigenvalue weighted by molar-refractivity contribution is -0.0111. The van der Waals surface area contributed by atoms with Gasteiger partial charge in [-0.15, -0.1) is 0 Å². The number of benzene rings is 1. The highest BCUT2D eigenvalue weighted by molar-refractivity contribution is 9.10. The number of amides is 1. The highest BCUT2D eigenvalue weighted by Gasteiger charge is 2.44. The summed E-state index contributed by atoms with van der Waals surface area (Å²) >= 11 is 3.41. The minimum atomic E-state index is -0.0775. The van der Waals surface area contributed by atoms with E-state index >= 15 is 0 Å². The lowest BCUT2D eigenvalue weighted by Gasteiger charge is -2.53. The van der Waals surface area contributed by atoms with Gasteiger partial charge in [-0.05, 0) is 71.2 Å². The molecule has 1 aliphatic heterocycles. The fourth-order valence-electron chi connectivity index (χ4n) is 3.27. The number of hydrogen-bond donors (Lipinski definition) is 0. The molecule has 1 saturated heterocycles. The van der Waals surface area contributed by atoms with E-state index in [1.165, 1.54) is 6.42 Å². The Balaban J connectivity index is 2.36. The van der Waals surface area contributed by atoms with Crippen LogP contribution in [0.3, 0.4) is 0 Å². The van der Waals surface area contributed by atoms with Crippen molar-refractivity contribution in [2.75, 3.05) is 0 Å². The molecule has 1 fully saturated rings. The van der Waals surface area contributed by atoms with Crippen molar-refractivity contribution in [3.63, 3.8) is 0 Å². The number of rotatable bonds is 1. The van der Waals surface area contributed by atoms with Crippen molar-refractivity contribution < 1.29 is 4.79 Å². The fourth-order valence-corrected chi connectivity index (χ4v) is 3.53. The number of carbonyl (C=O) groups excluding carboxylic acids is 1. The first kappa shape index (κ1) is 14.6. The Kier molecular flexibility index (Phi) is 3.78. The summed E-state index contributed by atoms with van der Waals surface area (Å²) in [7, 11) is 0. The molecule has 1 aliphatic rings. The maximum atomic E-state index is 12.9. The Labute approximate surface area is 124 Å². The van der Waals surface area contributed by atoms with Crippen LogP contribution in [0.25, 0.3) is 0 Å². The Morgan fingerprint density at radius 3 is 2.00 bits per heavy atom. The molecule has 0 bridgehead atoms. The summed E-state index contributed by atoms with van der Waals surface area (Å²) in [6.07, 6.45) is 3.32. The van der Waals surface area contributed by atoms with Crippen LogP contribution in [-0.4, -0.2) is 21.9 Å². The zero-order chi connectivity index (χ0) is 14.3. The van der Waals surface area contributed by atoms with Crippen LogP contribution in [0.5, 0.6) is 0 Å². The standard InChI is InChI=1S/C16H22BrNO/c1-15(2)10-5-11-16(3,4)18(15)14(19)12-6-8-13(17)9-7-12/h6-9H,5,10-11H2,1-4H3. The lowest BCUT2D eigenvalue weighted by atomic mass is 9.79. The topological polar surface area (TPSA) is 20.3 Å². The van der Waals surface area contributed by atoms with Crippen LogP contribution in [0.15, 0.2) is 28.7 Å². The van der Waals surface area contributed by atoms with Gasteiger partial charge < -0.3 is 4.90 Å². The lowest BCUT2D eigenvalue weighted by Crippen LogP contribution is -2.60. The molecular formula is C16H22BrNO. The molecule has 0 unspecified atom stereocenters. The first-order chi connectivity index (χ1) is 8.74. The van der Waals surface area contributed by atoms with Crippen LogP contribution in [0.4, 0.5) is 0 Å². The number of piperidine rings is 1. The fraction of sp³-hybridized carbons (Fsp3) is 0.562. The molecule has 0 saturated carbocycles. The van der Waals surface area contributed by atoms with Gasteiger partial charge in [0.05, 0.1) is 0 Å². The van der Waals surface area contributed by atoms with Gasteiger partial charge in [0.1, 0.15) is 0 Å². The van der Waals surface area contributed by atoms with E-state index in [0.29, 0.717) is 0 Å². The Hall–Kier alpha value is -0.830. The van der Waals surface area contributed by atoms with Crippen molar-refractivity contribution >= 4 is 21.8 Å². The molecule has 104 valence electrons. The summed E-state index contributed by atoms with van der Waals surface area (Å²) in [6.45, 7) is 8.69. The van der Waals surface area contributed by atoms with E-state index in [2.05, 4.69) is 48.5 Å². The second-order valence-electron chi connectivity index (χ2n) is 6.63. The molecule has 0 N–H and O–H groups in total. The first-order valence-electron chi connectivity index (χ1n) is 6.84. The number of likely N-dealkylation sites (tertiary alicyclic amines) is 1. The van der Waals surface area contributed by atoms with Gasteiger partial charge in [-0.25, -0.2) is 0 Å². The molecule has 0 radical (unpaired) electrons. The van der Waals surface area contributed by atoms with Crippen LogP contribution >= 0.6 is 15.9 Å². The van der Waals surface area contributed by atoms with Crippen LogP contribution in [0.2, 0.25) is 0 Å². The van der Waals surface area contributed by atoms with E-state index < -0.39 is 0 Å². The highest BCUT2D eigenvalue weighted by Crippen LogP contribution is 2.39. The van der Waals surface area contributed by atoms with Crippen LogP contribution in [0.1, 0.15) is 57.3 Å². The van der Waals surface area contributed by atoms with E-state index in [9.17, 15) is 4.79 Å². The third-order valence-electron chi connectivity index (χ3n) is 4.08. The zero-order valence-corrected chi connectivity index (χ0v) is 13.8. The molecule has 1 aromatic rings. The Bertz CT molecular complexity index is 460. The molecule has 0 aliphatic carbocycles. The predicted octanol–water partition coefficient (Wildman–Crippen LogP) is 4.63. The largest absolute Gasteiger partial charge is 0.328 e. The molecular weight excluding hydrogens is 302 g/mol. The Morgan fingerprint density at radius 2 is 1.53 bits per heavy atom. The van der Waals surface area contributed by atoms with Crippen LogP contribution in [-0.2, 0) is 0 Å². The predicted molar refractivity (Wildman–Crippen MR) is 82.3 cm³/mol. The van der Waals surface area contributed by atoms with Gasteiger partial charge in [-0.1, -0.05) is 15.9 Å². The second kappa shape index (κ2) is 4.93. The minimum Gasteiger partial charge on any atom is -0.328 e. The van der Waals surface area contributed by atoms with Gasteiger partial charge in [0.15, 0.2) is 0 Å². The van der Waals surface area contributed by atoms with Crippen molar-refractivity contribution in [3.8, 4) is 0 Å². The van der Waals surface area contributed by atoms with Crippen molar-refractivity contribution in [2.45, 2.75) is 58.0 Å². The number of nitrogens with zero attached hydrogens (tertiary/aromatic N) is 1. The summed E-state index contributed by atoms with van der Waals surface area (Å²) in [5.41, 5.74) is 0.615. The number of carbonyl (C=O) groups is 1. The minimum absolute atomic E-state index is 0.0775. The second-order valence-corrected chi connectivity index (χ2v) is 7.54. The number of halogens is 1. The highest BCUT2D eigenvalue weighted by atomic mass is 79.9. The van der Waals surface area contributed by atoms with Gasteiger partial charge in [0.2, 0.25) is 0 Å².